The van der Waals surface area contributed by atoms with Crippen molar-refractivity contribution in [2.24, 2.45) is 0 Å². The summed E-state index contributed by atoms with van der Waals surface area (Å²) in [4.78, 5) is 0. The van der Waals surface area contributed by atoms with Crippen LogP contribution in [-0.4, -0.2) is 0 Å². The molecular formula is C10H7F3S. The predicted octanol–water partition coefficient (Wildman–Crippen LogP) is 4.29. The second-order valence-corrected chi connectivity index (χ2v) is 4.00. The zero-order valence-electron chi connectivity index (χ0n) is 7.35. The number of aryl methyl sites for hydroxylation is 1. The van der Waals surface area contributed by atoms with Crippen LogP contribution in [0.15, 0.2) is 17.5 Å². The smallest absolute Gasteiger partial charge is 0.206 e. The molecule has 74 valence electrons. The van der Waals surface area contributed by atoms with Crippen LogP contribution in [0.4, 0.5) is 13.2 Å². The Hall–Kier alpha value is -1.03. The number of hydrogen-bond donors (Lipinski definition) is 0. The summed E-state index contributed by atoms with van der Waals surface area (Å²) in [6.07, 6.45) is -2.75. The molecule has 14 heavy (non-hydrogen) atoms. The van der Waals surface area contributed by atoms with E-state index in [0.717, 1.165) is 10.9 Å². The summed E-state index contributed by atoms with van der Waals surface area (Å²) in [5.74, 6) is -0.825. The summed E-state index contributed by atoms with van der Waals surface area (Å²) in [6, 6.07) is 2.41. The Morgan fingerprint density at radius 1 is 1.29 bits per heavy atom. The summed E-state index contributed by atoms with van der Waals surface area (Å²) in [6.45, 7) is 1.83. The minimum Gasteiger partial charge on any atom is -0.206 e. The summed E-state index contributed by atoms with van der Waals surface area (Å²) in [5.41, 5.74) is 0.407. The molecule has 0 radical (unpaired) electrons. The molecule has 0 nitrogen and oxygen atoms in total. The molecule has 4 heteroatoms. The number of fused-ring (bicyclic) bond motifs is 1. The van der Waals surface area contributed by atoms with Gasteiger partial charge in [-0.25, -0.2) is 13.2 Å². The number of halogens is 3. The van der Waals surface area contributed by atoms with Crippen LogP contribution in [0.3, 0.4) is 0 Å². The second kappa shape index (κ2) is 3.28. The molecule has 0 aliphatic rings. The first-order chi connectivity index (χ1) is 6.59. The Morgan fingerprint density at radius 2 is 2.00 bits per heavy atom. The number of hydrogen-bond acceptors (Lipinski definition) is 1. The van der Waals surface area contributed by atoms with E-state index < -0.39 is 17.8 Å². The minimum atomic E-state index is -2.75. The monoisotopic (exact) mass is 216 g/mol. The van der Waals surface area contributed by atoms with Crippen LogP contribution in [-0.2, 0) is 0 Å². The lowest BCUT2D eigenvalue weighted by atomic mass is 10.1. The van der Waals surface area contributed by atoms with Gasteiger partial charge in [0.2, 0.25) is 0 Å². The van der Waals surface area contributed by atoms with E-state index in [2.05, 4.69) is 0 Å². The van der Waals surface area contributed by atoms with Gasteiger partial charge in [-0.3, -0.25) is 0 Å². The van der Waals surface area contributed by atoms with E-state index in [9.17, 15) is 13.2 Å². The highest BCUT2D eigenvalue weighted by Crippen LogP contribution is 2.31. The fourth-order valence-electron chi connectivity index (χ4n) is 1.36. The molecule has 2 rings (SSSR count). The largest absolute Gasteiger partial charge is 0.266 e. The molecule has 0 aliphatic carbocycles. The number of thiophene rings is 1. The van der Waals surface area contributed by atoms with E-state index in [1.54, 1.807) is 0 Å². The highest BCUT2D eigenvalue weighted by Gasteiger charge is 2.15. The fourth-order valence-corrected chi connectivity index (χ4v) is 2.33. The van der Waals surface area contributed by atoms with Gasteiger partial charge in [-0.15, -0.1) is 11.3 Å². The Labute approximate surface area is 83.0 Å². The van der Waals surface area contributed by atoms with Gasteiger partial charge >= 0.3 is 0 Å². The van der Waals surface area contributed by atoms with Crippen LogP contribution >= 0.6 is 11.3 Å². The molecule has 0 unspecified atom stereocenters. The third-order valence-electron chi connectivity index (χ3n) is 2.12. The standard InChI is InChI=1S/C10H7F3S/c1-5-4-14-9-3-7(10(12)13)8(11)2-6(5)9/h2-4,10H,1H3. The van der Waals surface area contributed by atoms with Crippen LogP contribution in [0.5, 0.6) is 0 Å². The van der Waals surface area contributed by atoms with Crippen molar-refractivity contribution in [2.45, 2.75) is 13.3 Å². The Bertz CT molecular complexity index is 473. The van der Waals surface area contributed by atoms with Crippen molar-refractivity contribution < 1.29 is 13.2 Å². The topological polar surface area (TPSA) is 0 Å². The quantitative estimate of drug-likeness (QED) is 0.667. The van der Waals surface area contributed by atoms with Gasteiger partial charge in [0, 0.05) is 4.70 Å². The van der Waals surface area contributed by atoms with Crippen molar-refractivity contribution in [3.05, 3.63) is 34.5 Å². The maximum absolute atomic E-state index is 13.2. The normalized spacial score (nSPS) is 11.5. The van der Waals surface area contributed by atoms with E-state index in [-0.39, 0.29) is 0 Å². The van der Waals surface area contributed by atoms with Crippen LogP contribution in [0.1, 0.15) is 17.6 Å². The lowest BCUT2D eigenvalue weighted by molar-refractivity contribution is 0.146. The molecule has 1 aromatic heterocycles. The Morgan fingerprint density at radius 3 is 2.64 bits per heavy atom. The molecule has 1 aromatic carbocycles. The molecule has 0 amide bonds. The minimum absolute atomic E-state index is 0.514. The van der Waals surface area contributed by atoms with Crippen molar-refractivity contribution in [3.8, 4) is 0 Å². The number of benzene rings is 1. The first kappa shape index (κ1) is 9.52. The van der Waals surface area contributed by atoms with Gasteiger partial charge in [0.05, 0.1) is 5.56 Å². The second-order valence-electron chi connectivity index (χ2n) is 3.09. The summed E-state index contributed by atoms with van der Waals surface area (Å²) in [5, 5.41) is 2.55. The lowest BCUT2D eigenvalue weighted by Crippen LogP contribution is -1.89. The summed E-state index contributed by atoms with van der Waals surface area (Å²) in [7, 11) is 0. The van der Waals surface area contributed by atoms with E-state index in [4.69, 9.17) is 0 Å². The van der Waals surface area contributed by atoms with Gasteiger partial charge in [-0.1, -0.05) is 0 Å². The van der Waals surface area contributed by atoms with E-state index in [1.807, 2.05) is 12.3 Å². The third kappa shape index (κ3) is 1.39. The van der Waals surface area contributed by atoms with Crippen molar-refractivity contribution in [2.75, 3.05) is 0 Å². The molecule has 0 saturated heterocycles. The Kier molecular flexibility index (Phi) is 2.23. The molecular weight excluding hydrogens is 209 g/mol. The van der Waals surface area contributed by atoms with Crippen molar-refractivity contribution >= 4 is 21.4 Å². The van der Waals surface area contributed by atoms with E-state index in [1.165, 1.54) is 23.5 Å². The average Bonchev–Trinajstić information content (AvgIpc) is 2.46. The van der Waals surface area contributed by atoms with Crippen LogP contribution in [0.25, 0.3) is 10.1 Å². The van der Waals surface area contributed by atoms with Gasteiger partial charge in [-0.05, 0) is 35.4 Å². The molecule has 0 spiro atoms. The van der Waals surface area contributed by atoms with Crippen molar-refractivity contribution in [1.29, 1.82) is 0 Å². The van der Waals surface area contributed by atoms with Gasteiger partial charge in [0.1, 0.15) is 5.82 Å². The first-order valence-electron chi connectivity index (χ1n) is 4.05. The molecule has 0 saturated carbocycles. The van der Waals surface area contributed by atoms with Crippen molar-refractivity contribution in [1.82, 2.24) is 0 Å². The van der Waals surface area contributed by atoms with E-state index in [0.29, 0.717) is 4.70 Å². The lowest BCUT2D eigenvalue weighted by Gasteiger charge is -2.01. The summed E-state index contributed by atoms with van der Waals surface area (Å²) < 4.78 is 38.5. The Balaban J connectivity index is 2.72. The highest BCUT2D eigenvalue weighted by atomic mass is 32.1. The molecule has 0 atom stereocenters. The first-order valence-corrected chi connectivity index (χ1v) is 4.93. The SMILES string of the molecule is Cc1csc2cc(C(F)F)c(F)cc12. The molecule has 2 aromatic rings. The molecule has 0 N–H and O–H groups in total. The van der Waals surface area contributed by atoms with Crippen LogP contribution < -0.4 is 0 Å². The zero-order valence-corrected chi connectivity index (χ0v) is 8.17. The van der Waals surface area contributed by atoms with Gasteiger partial charge in [0.15, 0.2) is 0 Å². The maximum Gasteiger partial charge on any atom is 0.266 e. The summed E-state index contributed by atoms with van der Waals surface area (Å²) >= 11 is 1.35. The maximum atomic E-state index is 13.2. The van der Waals surface area contributed by atoms with Crippen LogP contribution in [0, 0.1) is 12.7 Å². The molecule has 0 fully saturated rings. The van der Waals surface area contributed by atoms with E-state index >= 15 is 0 Å². The van der Waals surface area contributed by atoms with Crippen LogP contribution in [0.2, 0.25) is 0 Å². The molecule has 0 bridgehead atoms. The molecule has 0 aliphatic heterocycles. The number of rotatable bonds is 1. The van der Waals surface area contributed by atoms with Gasteiger partial charge in [-0.2, -0.15) is 0 Å². The predicted molar refractivity (Wildman–Crippen MR) is 51.5 cm³/mol. The van der Waals surface area contributed by atoms with Gasteiger partial charge < -0.3 is 0 Å². The third-order valence-corrected chi connectivity index (χ3v) is 3.18. The molecule has 1 heterocycles. The zero-order chi connectivity index (χ0) is 10.3. The van der Waals surface area contributed by atoms with Gasteiger partial charge in [0.25, 0.3) is 6.43 Å². The highest BCUT2D eigenvalue weighted by molar-refractivity contribution is 7.17. The fraction of sp³-hybridized carbons (Fsp3) is 0.200. The number of alkyl halides is 2. The average molecular weight is 216 g/mol. The van der Waals surface area contributed by atoms with Crippen molar-refractivity contribution in [3.63, 3.8) is 0 Å².